The van der Waals surface area contributed by atoms with Crippen LogP contribution in [0.4, 0.5) is 5.82 Å². The summed E-state index contributed by atoms with van der Waals surface area (Å²) >= 11 is 7.96. The molecule has 1 rings (SSSR count). The highest BCUT2D eigenvalue weighted by molar-refractivity contribution is 14.1. The van der Waals surface area contributed by atoms with Gasteiger partial charge in [-0.1, -0.05) is 6.92 Å². The lowest BCUT2D eigenvalue weighted by Gasteiger charge is -2.09. The van der Waals surface area contributed by atoms with Crippen molar-refractivity contribution in [1.29, 1.82) is 0 Å². The Morgan fingerprint density at radius 1 is 1.60 bits per heavy atom. The van der Waals surface area contributed by atoms with Crippen LogP contribution in [0.15, 0.2) is 12.5 Å². The quantitative estimate of drug-likeness (QED) is 0.491. The molecule has 0 aliphatic rings. The lowest BCUT2D eigenvalue weighted by atomic mass is 10.1. The SMILES string of the molecule is CC(CCl)CCCNc1ncncc1I. The average molecular weight is 340 g/mol. The highest BCUT2D eigenvalue weighted by Crippen LogP contribution is 2.13. The number of alkyl halides is 1. The minimum Gasteiger partial charge on any atom is -0.369 e. The van der Waals surface area contributed by atoms with Crippen LogP contribution in [0.25, 0.3) is 0 Å². The second-order valence-electron chi connectivity index (χ2n) is 3.55. The number of rotatable bonds is 6. The van der Waals surface area contributed by atoms with Gasteiger partial charge in [0.1, 0.15) is 12.1 Å². The monoisotopic (exact) mass is 339 g/mol. The molecule has 0 aliphatic carbocycles. The predicted octanol–water partition coefficient (Wildman–Crippen LogP) is 3.15. The minimum atomic E-state index is 0.595. The largest absolute Gasteiger partial charge is 0.369 e. The first-order chi connectivity index (χ1) is 7.24. The van der Waals surface area contributed by atoms with Crippen molar-refractivity contribution in [1.82, 2.24) is 9.97 Å². The van der Waals surface area contributed by atoms with E-state index in [1.165, 1.54) is 0 Å². The van der Waals surface area contributed by atoms with Crippen LogP contribution in [0.3, 0.4) is 0 Å². The molecule has 1 N–H and O–H groups in total. The van der Waals surface area contributed by atoms with E-state index in [0.29, 0.717) is 5.92 Å². The lowest BCUT2D eigenvalue weighted by molar-refractivity contribution is 0.572. The van der Waals surface area contributed by atoms with Gasteiger partial charge in [-0.3, -0.25) is 0 Å². The van der Waals surface area contributed by atoms with Crippen LogP contribution in [0, 0.1) is 9.49 Å². The van der Waals surface area contributed by atoms with Gasteiger partial charge in [0, 0.05) is 18.6 Å². The first kappa shape index (κ1) is 13.0. The Balaban J connectivity index is 2.23. The van der Waals surface area contributed by atoms with Gasteiger partial charge in [0.25, 0.3) is 0 Å². The molecule has 15 heavy (non-hydrogen) atoms. The van der Waals surface area contributed by atoms with Crippen molar-refractivity contribution in [3.05, 3.63) is 16.1 Å². The molecule has 0 spiro atoms. The molecule has 0 saturated heterocycles. The van der Waals surface area contributed by atoms with E-state index in [9.17, 15) is 0 Å². The summed E-state index contributed by atoms with van der Waals surface area (Å²) in [4.78, 5) is 8.10. The Hall–Kier alpha value is -0.100. The fourth-order valence-corrected chi connectivity index (χ4v) is 1.82. The Labute approximate surface area is 109 Å². The van der Waals surface area contributed by atoms with Crippen LogP contribution < -0.4 is 5.32 Å². The smallest absolute Gasteiger partial charge is 0.142 e. The van der Waals surface area contributed by atoms with E-state index in [4.69, 9.17) is 11.6 Å². The Morgan fingerprint density at radius 2 is 2.40 bits per heavy atom. The van der Waals surface area contributed by atoms with Crippen LogP contribution in [0.2, 0.25) is 0 Å². The molecular weight excluding hydrogens is 324 g/mol. The van der Waals surface area contributed by atoms with Crippen molar-refractivity contribution in [3.8, 4) is 0 Å². The number of aromatic nitrogens is 2. The molecule has 1 heterocycles. The molecule has 1 unspecified atom stereocenters. The van der Waals surface area contributed by atoms with E-state index in [0.717, 1.165) is 34.7 Å². The van der Waals surface area contributed by atoms with Crippen LogP contribution in [0.1, 0.15) is 19.8 Å². The molecule has 3 nitrogen and oxygen atoms in total. The Kier molecular flexibility index (Phi) is 6.24. The Bertz CT molecular complexity index is 296. The number of anilines is 1. The van der Waals surface area contributed by atoms with Gasteiger partial charge in [-0.25, -0.2) is 9.97 Å². The number of nitrogens with zero attached hydrogens (tertiary/aromatic N) is 2. The van der Waals surface area contributed by atoms with Gasteiger partial charge in [0.15, 0.2) is 0 Å². The second-order valence-corrected chi connectivity index (χ2v) is 5.02. The first-order valence-corrected chi connectivity index (χ1v) is 6.60. The average Bonchev–Trinajstić information content (AvgIpc) is 2.26. The molecule has 0 fully saturated rings. The second kappa shape index (κ2) is 7.22. The van der Waals surface area contributed by atoms with E-state index >= 15 is 0 Å². The molecule has 1 aromatic rings. The third kappa shape index (κ3) is 4.97. The zero-order chi connectivity index (χ0) is 11.1. The molecule has 0 amide bonds. The van der Waals surface area contributed by atoms with E-state index in [2.05, 4.69) is 44.8 Å². The minimum absolute atomic E-state index is 0.595. The van der Waals surface area contributed by atoms with E-state index in [1.54, 1.807) is 12.5 Å². The van der Waals surface area contributed by atoms with Gasteiger partial charge < -0.3 is 5.32 Å². The summed E-state index contributed by atoms with van der Waals surface area (Å²) in [6.45, 7) is 3.11. The number of halogens is 2. The first-order valence-electron chi connectivity index (χ1n) is 4.99. The van der Waals surface area contributed by atoms with Crippen LogP contribution >= 0.6 is 34.2 Å². The van der Waals surface area contributed by atoms with E-state index < -0.39 is 0 Å². The van der Waals surface area contributed by atoms with E-state index in [1.807, 2.05) is 0 Å². The van der Waals surface area contributed by atoms with Crippen LogP contribution in [-0.2, 0) is 0 Å². The zero-order valence-electron chi connectivity index (χ0n) is 8.71. The molecular formula is C10H15ClIN3. The van der Waals surface area contributed by atoms with Gasteiger partial charge in [-0.15, -0.1) is 11.6 Å². The normalized spacial score (nSPS) is 12.5. The van der Waals surface area contributed by atoms with E-state index in [-0.39, 0.29) is 0 Å². The molecule has 0 saturated carbocycles. The third-order valence-corrected chi connectivity index (χ3v) is 3.41. The lowest BCUT2D eigenvalue weighted by Crippen LogP contribution is -2.07. The maximum atomic E-state index is 5.73. The molecule has 0 aliphatic heterocycles. The van der Waals surface area contributed by atoms with Crippen LogP contribution in [0.5, 0.6) is 0 Å². The fourth-order valence-electron chi connectivity index (χ4n) is 1.18. The standard InChI is InChI=1S/C10H15ClIN3/c1-8(5-11)3-2-4-14-10-9(12)6-13-7-15-10/h6-8H,2-5H2,1H3,(H,13,14,15). The summed E-state index contributed by atoms with van der Waals surface area (Å²) in [5.41, 5.74) is 0. The van der Waals surface area contributed by atoms with Gasteiger partial charge in [0.2, 0.25) is 0 Å². The number of nitrogens with one attached hydrogen (secondary N) is 1. The third-order valence-electron chi connectivity index (χ3n) is 2.10. The summed E-state index contributed by atoms with van der Waals surface area (Å²) < 4.78 is 1.06. The van der Waals surface area contributed by atoms with Crippen molar-refractivity contribution >= 4 is 40.0 Å². The maximum Gasteiger partial charge on any atom is 0.142 e. The zero-order valence-corrected chi connectivity index (χ0v) is 11.6. The van der Waals surface area contributed by atoms with Crippen molar-refractivity contribution < 1.29 is 0 Å². The van der Waals surface area contributed by atoms with Crippen molar-refractivity contribution in [3.63, 3.8) is 0 Å². The summed E-state index contributed by atoms with van der Waals surface area (Å²) in [5.74, 6) is 2.26. The molecule has 5 heteroatoms. The predicted molar refractivity (Wildman–Crippen MR) is 72.4 cm³/mol. The molecule has 0 bridgehead atoms. The summed E-state index contributed by atoms with van der Waals surface area (Å²) in [6, 6.07) is 0. The summed E-state index contributed by atoms with van der Waals surface area (Å²) in [6.07, 6.45) is 5.63. The van der Waals surface area contributed by atoms with Crippen LogP contribution in [-0.4, -0.2) is 22.4 Å². The topological polar surface area (TPSA) is 37.8 Å². The van der Waals surface area contributed by atoms with Crippen molar-refractivity contribution in [2.75, 3.05) is 17.7 Å². The highest BCUT2D eigenvalue weighted by atomic mass is 127. The summed E-state index contributed by atoms with van der Waals surface area (Å²) in [5, 5.41) is 3.29. The molecule has 1 aromatic heterocycles. The number of hydrogen-bond acceptors (Lipinski definition) is 3. The number of hydrogen-bond donors (Lipinski definition) is 1. The molecule has 0 radical (unpaired) electrons. The summed E-state index contributed by atoms with van der Waals surface area (Å²) in [7, 11) is 0. The molecule has 84 valence electrons. The molecule has 0 aromatic carbocycles. The van der Waals surface area contributed by atoms with Crippen molar-refractivity contribution in [2.45, 2.75) is 19.8 Å². The molecule has 1 atom stereocenters. The maximum absolute atomic E-state index is 5.73. The van der Waals surface area contributed by atoms with Gasteiger partial charge in [-0.2, -0.15) is 0 Å². The van der Waals surface area contributed by atoms with Gasteiger partial charge in [-0.05, 0) is 41.4 Å². The van der Waals surface area contributed by atoms with Gasteiger partial charge in [0.05, 0.1) is 3.57 Å². The Morgan fingerprint density at radius 3 is 3.07 bits per heavy atom. The fraction of sp³-hybridized carbons (Fsp3) is 0.600. The van der Waals surface area contributed by atoms with Crippen molar-refractivity contribution in [2.24, 2.45) is 5.92 Å². The van der Waals surface area contributed by atoms with Gasteiger partial charge >= 0.3 is 0 Å². The highest BCUT2D eigenvalue weighted by Gasteiger charge is 2.01.